The second-order valence-corrected chi connectivity index (χ2v) is 8.96. The summed E-state index contributed by atoms with van der Waals surface area (Å²) in [5.41, 5.74) is 3.14. The molecule has 6 nitrogen and oxygen atoms in total. The summed E-state index contributed by atoms with van der Waals surface area (Å²) in [7, 11) is 2.02. The van der Waals surface area contributed by atoms with Gasteiger partial charge in [-0.2, -0.15) is 0 Å². The van der Waals surface area contributed by atoms with Gasteiger partial charge in [0.1, 0.15) is 5.60 Å². The molecular formula is C20H28N4O2. The Morgan fingerprint density at radius 3 is 2.85 bits per heavy atom. The van der Waals surface area contributed by atoms with Crippen LogP contribution in [0.15, 0.2) is 24.5 Å². The largest absolute Gasteiger partial charge is 0.444 e. The normalized spacial score (nSPS) is 25.5. The van der Waals surface area contributed by atoms with Gasteiger partial charge in [0.2, 0.25) is 0 Å². The van der Waals surface area contributed by atoms with Gasteiger partial charge < -0.3 is 19.5 Å². The van der Waals surface area contributed by atoms with Crippen molar-refractivity contribution in [2.24, 2.45) is 12.5 Å². The number of fused-ring (bicyclic) bond motifs is 1. The summed E-state index contributed by atoms with van der Waals surface area (Å²) in [5, 5.41) is 3.65. The zero-order chi connectivity index (χ0) is 18.5. The van der Waals surface area contributed by atoms with Crippen LogP contribution in [0.25, 0.3) is 11.0 Å². The van der Waals surface area contributed by atoms with Crippen molar-refractivity contribution in [3.8, 4) is 0 Å². The molecule has 1 saturated heterocycles. The van der Waals surface area contributed by atoms with Crippen molar-refractivity contribution in [2.75, 3.05) is 18.4 Å². The highest BCUT2D eigenvalue weighted by molar-refractivity contribution is 5.79. The Morgan fingerprint density at radius 1 is 1.35 bits per heavy atom. The van der Waals surface area contributed by atoms with Crippen molar-refractivity contribution in [1.82, 2.24) is 14.5 Å². The second-order valence-electron chi connectivity index (χ2n) is 8.96. The highest BCUT2D eigenvalue weighted by atomic mass is 16.6. The molecule has 1 aromatic carbocycles. The van der Waals surface area contributed by atoms with Crippen LogP contribution < -0.4 is 5.32 Å². The quantitative estimate of drug-likeness (QED) is 0.890. The molecule has 1 aromatic heterocycles. The number of nitrogens with one attached hydrogen (secondary N) is 1. The molecule has 1 saturated carbocycles. The minimum Gasteiger partial charge on any atom is -0.444 e. The van der Waals surface area contributed by atoms with Gasteiger partial charge in [-0.15, -0.1) is 0 Å². The molecule has 2 fully saturated rings. The summed E-state index contributed by atoms with van der Waals surface area (Å²) in [6.07, 6.45) is 4.96. The van der Waals surface area contributed by atoms with Gasteiger partial charge in [0.05, 0.1) is 17.4 Å². The number of nitrogens with zero attached hydrogens (tertiary/aromatic N) is 3. The number of likely N-dealkylation sites (tertiary alicyclic amines) is 1. The third-order valence-electron chi connectivity index (χ3n) is 5.55. The molecule has 0 unspecified atom stereocenters. The smallest absolute Gasteiger partial charge is 0.410 e. The molecule has 0 atom stereocenters. The highest BCUT2D eigenvalue weighted by Crippen LogP contribution is 2.49. The number of aryl methyl sites for hydroxylation is 1. The lowest BCUT2D eigenvalue weighted by Gasteiger charge is -2.45. The molecule has 1 amide bonds. The maximum Gasteiger partial charge on any atom is 0.410 e. The first-order valence-electron chi connectivity index (χ1n) is 9.39. The molecule has 1 spiro atoms. The van der Waals surface area contributed by atoms with E-state index in [1.165, 1.54) is 0 Å². The number of hydrogen-bond acceptors (Lipinski definition) is 4. The first kappa shape index (κ1) is 17.2. The molecule has 0 radical (unpaired) electrons. The monoisotopic (exact) mass is 356 g/mol. The van der Waals surface area contributed by atoms with Crippen molar-refractivity contribution in [2.45, 2.75) is 51.7 Å². The van der Waals surface area contributed by atoms with Gasteiger partial charge in [0.15, 0.2) is 0 Å². The van der Waals surface area contributed by atoms with Gasteiger partial charge >= 0.3 is 6.09 Å². The second kappa shape index (κ2) is 5.89. The zero-order valence-electron chi connectivity index (χ0n) is 16.1. The lowest BCUT2D eigenvalue weighted by molar-refractivity contribution is 0.0237. The van der Waals surface area contributed by atoms with E-state index in [-0.39, 0.29) is 11.5 Å². The molecule has 2 aliphatic rings. The number of benzene rings is 1. The van der Waals surface area contributed by atoms with Gasteiger partial charge in [-0.05, 0) is 63.6 Å². The number of hydrogen-bond donors (Lipinski definition) is 1. The third kappa shape index (κ3) is 3.24. The average Bonchev–Trinajstić information content (AvgIpc) is 3.11. The van der Waals surface area contributed by atoms with Crippen LogP contribution >= 0.6 is 0 Å². The van der Waals surface area contributed by atoms with Gasteiger partial charge in [-0.3, -0.25) is 0 Å². The van der Waals surface area contributed by atoms with Gasteiger partial charge in [0.25, 0.3) is 0 Å². The Bertz CT molecular complexity index is 830. The van der Waals surface area contributed by atoms with Crippen LogP contribution in [0.4, 0.5) is 10.5 Å². The molecule has 26 heavy (non-hydrogen) atoms. The van der Waals surface area contributed by atoms with E-state index < -0.39 is 5.60 Å². The summed E-state index contributed by atoms with van der Waals surface area (Å²) in [6.45, 7) is 7.38. The van der Waals surface area contributed by atoms with Crippen LogP contribution in [0, 0.1) is 5.41 Å². The maximum atomic E-state index is 12.3. The number of anilines is 1. The van der Waals surface area contributed by atoms with E-state index in [2.05, 4.69) is 28.5 Å². The number of amides is 1. The molecule has 6 heteroatoms. The lowest BCUT2D eigenvalue weighted by Crippen LogP contribution is -2.47. The molecule has 1 aliphatic heterocycles. The van der Waals surface area contributed by atoms with E-state index >= 15 is 0 Å². The van der Waals surface area contributed by atoms with Crippen molar-refractivity contribution < 1.29 is 9.53 Å². The maximum absolute atomic E-state index is 12.3. The zero-order valence-corrected chi connectivity index (χ0v) is 16.1. The predicted molar refractivity (Wildman–Crippen MR) is 102 cm³/mol. The highest BCUT2D eigenvalue weighted by Gasteiger charge is 2.50. The van der Waals surface area contributed by atoms with E-state index in [1.807, 2.05) is 43.6 Å². The van der Waals surface area contributed by atoms with Gasteiger partial charge in [0, 0.05) is 31.9 Å². The van der Waals surface area contributed by atoms with E-state index in [0.29, 0.717) is 6.04 Å². The number of aromatic nitrogens is 2. The molecular weight excluding hydrogens is 328 g/mol. The molecule has 0 bridgehead atoms. The fourth-order valence-corrected chi connectivity index (χ4v) is 4.29. The van der Waals surface area contributed by atoms with E-state index in [4.69, 9.17) is 4.74 Å². The van der Waals surface area contributed by atoms with Gasteiger partial charge in [-0.1, -0.05) is 0 Å². The Morgan fingerprint density at radius 2 is 2.12 bits per heavy atom. The van der Waals surface area contributed by atoms with Crippen LogP contribution in [0.1, 0.15) is 40.0 Å². The first-order chi connectivity index (χ1) is 12.2. The minimum atomic E-state index is -0.430. The Kier molecular flexibility index (Phi) is 3.90. The van der Waals surface area contributed by atoms with Crippen LogP contribution in [0.5, 0.6) is 0 Å². The topological polar surface area (TPSA) is 59.4 Å². The van der Waals surface area contributed by atoms with Crippen LogP contribution in [0.3, 0.4) is 0 Å². The number of carbonyl (C=O) groups is 1. The van der Waals surface area contributed by atoms with Gasteiger partial charge in [-0.25, -0.2) is 9.78 Å². The molecule has 140 valence electrons. The molecule has 2 aromatic rings. The Labute approximate surface area is 154 Å². The molecule has 2 heterocycles. The lowest BCUT2D eigenvalue weighted by atomic mass is 9.65. The molecule has 1 aliphatic carbocycles. The number of carbonyl (C=O) groups excluding carboxylic acids is 1. The van der Waals surface area contributed by atoms with Crippen molar-refractivity contribution in [3.63, 3.8) is 0 Å². The van der Waals surface area contributed by atoms with Crippen molar-refractivity contribution in [3.05, 3.63) is 24.5 Å². The summed E-state index contributed by atoms with van der Waals surface area (Å²) in [5.74, 6) is 0. The fourth-order valence-electron chi connectivity index (χ4n) is 4.29. The van der Waals surface area contributed by atoms with Crippen molar-refractivity contribution >= 4 is 22.8 Å². The first-order valence-corrected chi connectivity index (χ1v) is 9.39. The van der Waals surface area contributed by atoms with E-state index in [9.17, 15) is 4.79 Å². The minimum absolute atomic E-state index is 0.174. The summed E-state index contributed by atoms with van der Waals surface area (Å²) in [4.78, 5) is 18.5. The van der Waals surface area contributed by atoms with Crippen LogP contribution in [-0.2, 0) is 11.8 Å². The standard InChI is InChI=1S/C20H28N4O2/c1-19(2,3)26-18(25)24-8-7-20(12-24)10-15(11-20)22-14-5-6-16-17(9-14)23(4)13-21-16/h5-6,9,13,15,22H,7-8,10-12H2,1-4H3. The van der Waals surface area contributed by atoms with Crippen LogP contribution in [-0.4, -0.2) is 45.3 Å². The number of rotatable bonds is 2. The summed E-state index contributed by atoms with van der Waals surface area (Å²) in [6, 6.07) is 6.79. The SMILES string of the molecule is Cn1cnc2ccc(NC3CC4(CCN(C(=O)OC(C)(C)C)C4)C3)cc21. The van der Waals surface area contributed by atoms with E-state index in [1.54, 1.807) is 0 Å². The Hall–Kier alpha value is -2.24. The molecule has 1 N–H and O–H groups in total. The van der Waals surface area contributed by atoms with Crippen molar-refractivity contribution in [1.29, 1.82) is 0 Å². The fraction of sp³-hybridized carbons (Fsp3) is 0.600. The summed E-state index contributed by atoms with van der Waals surface area (Å²) >= 11 is 0. The Balaban J connectivity index is 1.33. The predicted octanol–water partition coefficient (Wildman–Crippen LogP) is 3.77. The summed E-state index contributed by atoms with van der Waals surface area (Å²) < 4.78 is 7.55. The van der Waals surface area contributed by atoms with E-state index in [0.717, 1.165) is 49.1 Å². The van der Waals surface area contributed by atoms with Crippen LogP contribution in [0.2, 0.25) is 0 Å². The molecule has 4 rings (SSSR count). The number of ether oxygens (including phenoxy) is 1. The third-order valence-corrected chi connectivity index (χ3v) is 5.55. The number of imidazole rings is 1. The average molecular weight is 356 g/mol.